The quantitative estimate of drug-likeness (QED) is 0.196. The average molecular weight is 565 g/mol. The Morgan fingerprint density at radius 2 is 1.40 bits per heavy atom. The third-order valence-electron chi connectivity index (χ3n) is 7.46. The van der Waals surface area contributed by atoms with Gasteiger partial charge in [0.1, 0.15) is 12.1 Å². The molecule has 4 rings (SSSR count). The van der Waals surface area contributed by atoms with E-state index >= 15 is 0 Å². The lowest BCUT2D eigenvalue weighted by Gasteiger charge is -2.31. The van der Waals surface area contributed by atoms with Crippen molar-refractivity contribution in [1.29, 1.82) is 0 Å². The van der Waals surface area contributed by atoms with Crippen molar-refractivity contribution in [2.24, 2.45) is 5.73 Å². The lowest BCUT2D eigenvalue weighted by molar-refractivity contribution is -0.140. The number of nitrogens with two attached hydrogens (primary N) is 1. The molecule has 2 atom stereocenters. The number of hydrogen-bond donors (Lipinski definition) is 3. The van der Waals surface area contributed by atoms with Crippen molar-refractivity contribution in [1.82, 2.24) is 15.5 Å². The van der Waals surface area contributed by atoms with E-state index in [4.69, 9.17) is 5.73 Å². The highest BCUT2D eigenvalue weighted by Gasteiger charge is 2.32. The second-order valence-corrected chi connectivity index (χ2v) is 10.6. The number of nitrogens with one attached hydrogen (secondary N) is 2. The van der Waals surface area contributed by atoms with Crippen molar-refractivity contribution >= 4 is 28.5 Å². The van der Waals surface area contributed by atoms with Crippen LogP contribution >= 0.6 is 0 Å². The van der Waals surface area contributed by atoms with Gasteiger partial charge in [-0.05, 0) is 53.4 Å². The van der Waals surface area contributed by atoms with E-state index in [1.807, 2.05) is 78.9 Å². The van der Waals surface area contributed by atoms with E-state index in [-0.39, 0.29) is 24.1 Å². The molecule has 0 spiro atoms. The number of amides is 3. The van der Waals surface area contributed by atoms with Crippen molar-refractivity contribution in [2.45, 2.75) is 44.2 Å². The third kappa shape index (κ3) is 8.51. The molecule has 4 N–H and O–H groups in total. The summed E-state index contributed by atoms with van der Waals surface area (Å²) in [7, 11) is 1.64. The molecule has 0 bridgehead atoms. The summed E-state index contributed by atoms with van der Waals surface area (Å²) in [5.74, 6) is -0.889. The standard InChI is InChI=1S/C35H40N4O3/c1-39(32(25-26-13-5-2-6-14-26)34(41)37-22-12-4-11-21-36)35(42)31(38-33(40)29-16-7-3-8-17-29)24-27-19-20-28-15-9-10-18-30(28)23-27/h2-3,5-10,13-20,23,31-32H,4,11-12,21-22,24-25,36H2,1H3,(H,37,41)(H,38,40)/t31-,32-/m1/s1. The first-order chi connectivity index (χ1) is 20.5. The number of unbranched alkanes of at least 4 members (excludes halogenated alkanes) is 2. The van der Waals surface area contributed by atoms with Crippen molar-refractivity contribution in [3.8, 4) is 0 Å². The molecule has 4 aromatic rings. The van der Waals surface area contributed by atoms with Crippen LogP contribution in [0.5, 0.6) is 0 Å². The number of benzene rings is 4. The molecule has 0 aliphatic carbocycles. The summed E-state index contributed by atoms with van der Waals surface area (Å²) in [5, 5.41) is 8.13. The Hall–Kier alpha value is -4.49. The van der Waals surface area contributed by atoms with E-state index in [0.29, 0.717) is 25.1 Å². The molecule has 0 radical (unpaired) electrons. The molecular weight excluding hydrogens is 524 g/mol. The minimum Gasteiger partial charge on any atom is -0.354 e. The lowest BCUT2D eigenvalue weighted by atomic mass is 9.99. The van der Waals surface area contributed by atoms with Gasteiger partial charge in [-0.15, -0.1) is 0 Å². The smallest absolute Gasteiger partial charge is 0.251 e. The normalized spacial score (nSPS) is 12.3. The number of carbonyl (C=O) groups is 3. The third-order valence-corrected chi connectivity index (χ3v) is 7.46. The molecule has 0 aliphatic heterocycles. The van der Waals surface area contributed by atoms with Gasteiger partial charge < -0.3 is 21.3 Å². The van der Waals surface area contributed by atoms with Crippen LogP contribution in [0.3, 0.4) is 0 Å². The fourth-order valence-corrected chi connectivity index (χ4v) is 5.05. The van der Waals surface area contributed by atoms with Crippen LogP contribution in [0, 0.1) is 0 Å². The monoisotopic (exact) mass is 564 g/mol. The minimum absolute atomic E-state index is 0.221. The highest BCUT2D eigenvalue weighted by molar-refractivity contribution is 5.98. The first kappa shape index (κ1) is 30.5. The van der Waals surface area contributed by atoms with E-state index < -0.39 is 12.1 Å². The zero-order chi connectivity index (χ0) is 29.7. The molecule has 3 amide bonds. The Bertz CT molecular complexity index is 1460. The summed E-state index contributed by atoms with van der Waals surface area (Å²) in [6, 6.07) is 30.9. The molecule has 4 aromatic carbocycles. The fourth-order valence-electron chi connectivity index (χ4n) is 5.05. The predicted molar refractivity (Wildman–Crippen MR) is 168 cm³/mol. The Morgan fingerprint density at radius 1 is 0.738 bits per heavy atom. The highest BCUT2D eigenvalue weighted by Crippen LogP contribution is 2.18. The van der Waals surface area contributed by atoms with Crippen molar-refractivity contribution in [2.75, 3.05) is 20.1 Å². The van der Waals surface area contributed by atoms with E-state index in [9.17, 15) is 14.4 Å². The Kier molecular flexibility index (Phi) is 11.2. The fraction of sp³-hybridized carbons (Fsp3) is 0.286. The van der Waals surface area contributed by atoms with Gasteiger partial charge in [-0.1, -0.05) is 97.4 Å². The zero-order valence-electron chi connectivity index (χ0n) is 24.2. The largest absolute Gasteiger partial charge is 0.354 e. The SMILES string of the molecule is CN(C(=O)[C@@H](Cc1ccc2ccccc2c1)NC(=O)c1ccccc1)[C@H](Cc1ccccc1)C(=O)NCCCCCN. The van der Waals surface area contributed by atoms with Crippen molar-refractivity contribution in [3.63, 3.8) is 0 Å². The van der Waals surface area contributed by atoms with Gasteiger partial charge in [-0.25, -0.2) is 0 Å². The second kappa shape index (κ2) is 15.5. The molecule has 0 aromatic heterocycles. The number of carbonyl (C=O) groups excluding carboxylic acids is 3. The van der Waals surface area contributed by atoms with Gasteiger partial charge in [0.25, 0.3) is 5.91 Å². The van der Waals surface area contributed by atoms with E-state index in [2.05, 4.69) is 10.6 Å². The van der Waals surface area contributed by atoms with Crippen LogP contribution < -0.4 is 16.4 Å². The number of likely N-dealkylation sites (N-methyl/N-ethyl adjacent to an activating group) is 1. The number of nitrogens with zero attached hydrogens (tertiary/aromatic N) is 1. The maximum absolute atomic E-state index is 14.1. The molecule has 218 valence electrons. The summed E-state index contributed by atoms with van der Waals surface area (Å²) in [6.07, 6.45) is 3.28. The molecule has 0 saturated heterocycles. The highest BCUT2D eigenvalue weighted by atomic mass is 16.2. The van der Waals surface area contributed by atoms with Crippen molar-refractivity contribution < 1.29 is 14.4 Å². The van der Waals surface area contributed by atoms with Crippen LogP contribution in [0.15, 0.2) is 103 Å². The molecule has 0 aliphatic rings. The van der Waals surface area contributed by atoms with Crippen LogP contribution in [0.1, 0.15) is 40.7 Å². The summed E-state index contributed by atoms with van der Waals surface area (Å²) in [6.45, 7) is 1.13. The molecular formula is C35H40N4O3. The van der Waals surface area contributed by atoms with Gasteiger partial charge in [-0.2, -0.15) is 0 Å². The van der Waals surface area contributed by atoms with Crippen LogP contribution in [-0.2, 0) is 22.4 Å². The van der Waals surface area contributed by atoms with Crippen LogP contribution in [0.2, 0.25) is 0 Å². The molecule has 42 heavy (non-hydrogen) atoms. The second-order valence-electron chi connectivity index (χ2n) is 10.6. The van der Waals surface area contributed by atoms with Gasteiger partial charge in [0.05, 0.1) is 0 Å². The number of hydrogen-bond acceptors (Lipinski definition) is 4. The Morgan fingerprint density at radius 3 is 2.12 bits per heavy atom. The molecule has 0 unspecified atom stereocenters. The topological polar surface area (TPSA) is 105 Å². The maximum Gasteiger partial charge on any atom is 0.251 e. The molecule has 0 heterocycles. The maximum atomic E-state index is 14.1. The van der Waals surface area contributed by atoms with Crippen LogP contribution in [0.25, 0.3) is 10.8 Å². The van der Waals surface area contributed by atoms with Crippen LogP contribution in [-0.4, -0.2) is 54.8 Å². The summed E-state index contributed by atoms with van der Waals surface area (Å²) >= 11 is 0. The minimum atomic E-state index is -0.875. The van der Waals surface area contributed by atoms with Gasteiger partial charge in [0.2, 0.25) is 11.8 Å². The number of fused-ring (bicyclic) bond motifs is 1. The number of rotatable bonds is 14. The Balaban J connectivity index is 1.59. The summed E-state index contributed by atoms with van der Waals surface area (Å²) < 4.78 is 0. The first-order valence-electron chi connectivity index (χ1n) is 14.6. The lowest BCUT2D eigenvalue weighted by Crippen LogP contribution is -2.55. The van der Waals surface area contributed by atoms with Gasteiger partial charge in [0, 0.05) is 32.0 Å². The van der Waals surface area contributed by atoms with E-state index in [1.54, 1.807) is 31.3 Å². The molecule has 0 saturated carbocycles. The first-order valence-corrected chi connectivity index (χ1v) is 14.6. The zero-order valence-corrected chi connectivity index (χ0v) is 24.2. The molecule has 0 fully saturated rings. The summed E-state index contributed by atoms with van der Waals surface area (Å²) in [4.78, 5) is 42.3. The van der Waals surface area contributed by atoms with E-state index in [1.165, 1.54) is 4.90 Å². The molecule has 7 nitrogen and oxygen atoms in total. The average Bonchev–Trinajstić information content (AvgIpc) is 3.03. The molecule has 7 heteroatoms. The van der Waals surface area contributed by atoms with Crippen molar-refractivity contribution in [3.05, 3.63) is 120 Å². The van der Waals surface area contributed by atoms with E-state index in [0.717, 1.165) is 41.2 Å². The summed E-state index contributed by atoms with van der Waals surface area (Å²) in [5.41, 5.74) is 7.92. The van der Waals surface area contributed by atoms with Gasteiger partial charge in [-0.3, -0.25) is 14.4 Å². The van der Waals surface area contributed by atoms with Gasteiger partial charge >= 0.3 is 0 Å². The van der Waals surface area contributed by atoms with Gasteiger partial charge in [0.15, 0.2) is 0 Å². The van der Waals surface area contributed by atoms with Crippen LogP contribution in [0.4, 0.5) is 0 Å². The predicted octanol–water partition coefficient (Wildman–Crippen LogP) is 4.50. The Labute approximate surface area is 248 Å².